The Morgan fingerprint density at radius 3 is 2.85 bits per heavy atom. The minimum absolute atomic E-state index is 0.0635. The Morgan fingerprint density at radius 1 is 1.50 bits per heavy atom. The monoisotopic (exact) mass is 278 g/mol. The van der Waals surface area contributed by atoms with Crippen molar-refractivity contribution < 1.29 is 14.3 Å². The van der Waals surface area contributed by atoms with Crippen LogP contribution in [-0.2, 0) is 9.53 Å². The summed E-state index contributed by atoms with van der Waals surface area (Å²) in [5, 5.41) is 0. The molecule has 0 spiro atoms. The molecular formula is C13H18N4O3. The molecule has 0 aliphatic carbocycles. The predicted octanol–water partition coefficient (Wildman–Crippen LogP) is -0.253. The van der Waals surface area contributed by atoms with E-state index in [2.05, 4.69) is 9.97 Å². The number of carbonyl (C=O) groups is 2. The minimum atomic E-state index is -0.384. The van der Waals surface area contributed by atoms with Crippen molar-refractivity contribution in [1.29, 1.82) is 0 Å². The Morgan fingerprint density at radius 2 is 2.25 bits per heavy atom. The summed E-state index contributed by atoms with van der Waals surface area (Å²) < 4.78 is 5.34. The van der Waals surface area contributed by atoms with E-state index in [-0.39, 0.29) is 30.3 Å². The fourth-order valence-electron chi connectivity index (χ4n) is 2.50. The number of carbonyl (C=O) groups excluding carboxylic acids is 2. The van der Waals surface area contributed by atoms with Gasteiger partial charge in [0.15, 0.2) is 0 Å². The number of hydrogen-bond acceptors (Lipinski definition) is 5. The zero-order valence-corrected chi connectivity index (χ0v) is 11.6. The molecule has 1 aromatic rings. The van der Waals surface area contributed by atoms with Crippen LogP contribution < -0.4 is 5.73 Å². The molecule has 2 heterocycles. The molecular weight excluding hydrogens is 260 g/mol. The van der Waals surface area contributed by atoms with Crippen LogP contribution in [0.25, 0.3) is 0 Å². The molecule has 0 aromatic carbocycles. The van der Waals surface area contributed by atoms with Crippen LogP contribution >= 0.6 is 0 Å². The fourth-order valence-corrected chi connectivity index (χ4v) is 2.50. The lowest BCUT2D eigenvalue weighted by molar-refractivity contribution is -0.119. The van der Waals surface area contributed by atoms with E-state index in [0.29, 0.717) is 24.3 Å². The van der Waals surface area contributed by atoms with Crippen LogP contribution in [0.5, 0.6) is 0 Å². The third-order valence-electron chi connectivity index (χ3n) is 3.58. The van der Waals surface area contributed by atoms with Crippen LogP contribution in [0.1, 0.15) is 22.5 Å². The lowest BCUT2D eigenvalue weighted by Crippen LogP contribution is -2.30. The molecule has 1 aliphatic rings. The Labute approximate surface area is 117 Å². The van der Waals surface area contributed by atoms with Gasteiger partial charge in [0.2, 0.25) is 5.91 Å². The number of aryl methyl sites for hydroxylation is 1. The van der Waals surface area contributed by atoms with Crippen molar-refractivity contribution >= 4 is 11.8 Å². The molecule has 2 amide bonds. The number of primary amides is 1. The zero-order valence-electron chi connectivity index (χ0n) is 11.6. The second-order valence-electron chi connectivity index (χ2n) is 4.94. The van der Waals surface area contributed by atoms with Gasteiger partial charge in [0.25, 0.3) is 5.91 Å². The second-order valence-corrected chi connectivity index (χ2v) is 4.94. The number of nitrogens with two attached hydrogens (primary N) is 1. The maximum absolute atomic E-state index is 12.4. The molecule has 2 rings (SSSR count). The predicted molar refractivity (Wildman–Crippen MR) is 70.8 cm³/mol. The van der Waals surface area contributed by atoms with Gasteiger partial charge in [-0.2, -0.15) is 0 Å². The van der Waals surface area contributed by atoms with Gasteiger partial charge in [0.1, 0.15) is 6.33 Å². The highest BCUT2D eigenvalue weighted by atomic mass is 16.5. The smallest absolute Gasteiger partial charge is 0.257 e. The first-order chi connectivity index (χ1) is 9.52. The molecule has 0 unspecified atom stereocenters. The van der Waals surface area contributed by atoms with Crippen molar-refractivity contribution in [3.05, 3.63) is 23.8 Å². The summed E-state index contributed by atoms with van der Waals surface area (Å²) in [6, 6.07) is 0. The van der Waals surface area contributed by atoms with Gasteiger partial charge in [-0.15, -0.1) is 0 Å². The van der Waals surface area contributed by atoms with Gasteiger partial charge in [-0.05, 0) is 6.92 Å². The molecule has 0 radical (unpaired) electrons. The second kappa shape index (κ2) is 5.96. The van der Waals surface area contributed by atoms with Crippen LogP contribution in [-0.4, -0.2) is 53.0 Å². The Hall–Kier alpha value is -2.02. The molecule has 0 saturated carbocycles. The van der Waals surface area contributed by atoms with Crippen LogP contribution in [0.3, 0.4) is 0 Å². The molecule has 1 aromatic heterocycles. The highest BCUT2D eigenvalue weighted by Gasteiger charge is 2.36. The van der Waals surface area contributed by atoms with Crippen molar-refractivity contribution in [3.8, 4) is 0 Å². The molecule has 2 atom stereocenters. The van der Waals surface area contributed by atoms with Gasteiger partial charge in [-0.1, -0.05) is 0 Å². The van der Waals surface area contributed by atoms with Gasteiger partial charge in [0.05, 0.1) is 17.4 Å². The van der Waals surface area contributed by atoms with Gasteiger partial charge in [0, 0.05) is 38.7 Å². The molecule has 7 nitrogen and oxygen atoms in total. The summed E-state index contributed by atoms with van der Waals surface area (Å²) in [5.41, 5.74) is 6.34. The molecule has 2 N–H and O–H groups in total. The molecule has 0 bridgehead atoms. The van der Waals surface area contributed by atoms with Gasteiger partial charge < -0.3 is 15.4 Å². The topological polar surface area (TPSA) is 98.4 Å². The quantitative estimate of drug-likeness (QED) is 0.818. The Balaban J connectivity index is 2.13. The van der Waals surface area contributed by atoms with E-state index in [1.54, 1.807) is 18.9 Å². The van der Waals surface area contributed by atoms with E-state index < -0.39 is 0 Å². The fraction of sp³-hybridized carbons (Fsp3) is 0.538. The van der Waals surface area contributed by atoms with Gasteiger partial charge in [-0.3, -0.25) is 9.59 Å². The van der Waals surface area contributed by atoms with Crippen molar-refractivity contribution in [1.82, 2.24) is 14.9 Å². The highest BCUT2D eigenvalue weighted by molar-refractivity contribution is 5.95. The van der Waals surface area contributed by atoms with Crippen molar-refractivity contribution in [2.75, 3.05) is 20.2 Å². The number of methoxy groups -OCH3 is 1. The van der Waals surface area contributed by atoms with Crippen LogP contribution in [0.4, 0.5) is 0 Å². The van der Waals surface area contributed by atoms with Gasteiger partial charge in [-0.25, -0.2) is 9.97 Å². The Kier molecular flexibility index (Phi) is 4.29. The first-order valence-electron chi connectivity index (χ1n) is 6.40. The zero-order chi connectivity index (χ0) is 14.7. The van der Waals surface area contributed by atoms with E-state index >= 15 is 0 Å². The van der Waals surface area contributed by atoms with Crippen LogP contribution in [0.15, 0.2) is 12.5 Å². The number of likely N-dealkylation sites (tertiary alicyclic amines) is 1. The molecule has 1 fully saturated rings. The summed E-state index contributed by atoms with van der Waals surface area (Å²) in [6.07, 6.45) is 2.96. The normalized spacial score (nSPS) is 22.0. The lowest BCUT2D eigenvalue weighted by atomic mass is 10.0. The molecule has 1 aliphatic heterocycles. The first kappa shape index (κ1) is 14.4. The summed E-state index contributed by atoms with van der Waals surface area (Å²) in [6.45, 7) is 2.66. The number of aromatic nitrogens is 2. The SMILES string of the molecule is CO[C@H]1CN(C(=O)c2cncnc2C)C[C@@H]1CC(N)=O. The Bertz CT molecular complexity index is 520. The lowest BCUT2D eigenvalue weighted by Gasteiger charge is -2.16. The number of rotatable bonds is 4. The van der Waals surface area contributed by atoms with E-state index in [1.165, 1.54) is 12.5 Å². The van der Waals surface area contributed by atoms with Crippen LogP contribution in [0, 0.1) is 12.8 Å². The molecule has 108 valence electrons. The summed E-state index contributed by atoms with van der Waals surface area (Å²) >= 11 is 0. The molecule has 7 heteroatoms. The minimum Gasteiger partial charge on any atom is -0.379 e. The van der Waals surface area contributed by atoms with E-state index in [0.717, 1.165) is 0 Å². The van der Waals surface area contributed by atoms with E-state index in [1.807, 2.05) is 0 Å². The van der Waals surface area contributed by atoms with Crippen LogP contribution in [0.2, 0.25) is 0 Å². The van der Waals surface area contributed by atoms with Gasteiger partial charge >= 0.3 is 0 Å². The maximum atomic E-state index is 12.4. The maximum Gasteiger partial charge on any atom is 0.257 e. The number of ether oxygens (including phenoxy) is 1. The third kappa shape index (κ3) is 2.93. The number of amides is 2. The average Bonchev–Trinajstić information content (AvgIpc) is 2.80. The summed E-state index contributed by atoms with van der Waals surface area (Å²) in [7, 11) is 1.57. The summed E-state index contributed by atoms with van der Waals surface area (Å²) in [4.78, 5) is 33.1. The van der Waals surface area contributed by atoms with Crippen molar-refractivity contribution in [2.45, 2.75) is 19.4 Å². The van der Waals surface area contributed by atoms with E-state index in [4.69, 9.17) is 10.5 Å². The molecule has 1 saturated heterocycles. The first-order valence-corrected chi connectivity index (χ1v) is 6.40. The summed E-state index contributed by atoms with van der Waals surface area (Å²) in [5.74, 6) is -0.589. The number of nitrogens with zero attached hydrogens (tertiary/aromatic N) is 3. The van der Waals surface area contributed by atoms with Crippen molar-refractivity contribution in [3.63, 3.8) is 0 Å². The third-order valence-corrected chi connectivity index (χ3v) is 3.58. The average molecular weight is 278 g/mol. The van der Waals surface area contributed by atoms with E-state index in [9.17, 15) is 9.59 Å². The standard InChI is InChI=1S/C13H18N4O3/c1-8-10(4-15-7-16-8)13(19)17-5-9(3-12(14)18)11(6-17)20-2/h4,7,9,11H,3,5-6H2,1-2H3,(H2,14,18)/t9-,11-/m0/s1. The molecule has 20 heavy (non-hydrogen) atoms. The largest absolute Gasteiger partial charge is 0.379 e. The van der Waals surface area contributed by atoms with Crippen molar-refractivity contribution in [2.24, 2.45) is 11.7 Å². The number of hydrogen-bond donors (Lipinski definition) is 1. The highest BCUT2D eigenvalue weighted by Crippen LogP contribution is 2.24.